The largest absolute Gasteiger partial charge is 0.496 e. The Morgan fingerprint density at radius 2 is 1.50 bits per heavy atom. The molecule has 1 heterocycles. The number of benzene rings is 4. The Morgan fingerprint density at radius 1 is 0.868 bits per heavy atom. The Kier molecular flexibility index (Phi) is 6.95. The van der Waals surface area contributed by atoms with E-state index >= 15 is 0 Å². The van der Waals surface area contributed by atoms with Crippen molar-refractivity contribution in [3.63, 3.8) is 0 Å². The predicted octanol–water partition coefficient (Wildman–Crippen LogP) is 6.38. The van der Waals surface area contributed by atoms with E-state index in [0.717, 1.165) is 11.1 Å². The van der Waals surface area contributed by atoms with Crippen molar-refractivity contribution in [2.75, 3.05) is 16.3 Å². The van der Waals surface area contributed by atoms with Gasteiger partial charge in [0.2, 0.25) is 0 Å². The van der Waals surface area contributed by atoms with E-state index < -0.39 is 16.1 Å². The number of fused-ring (bicyclic) bond motifs is 1. The molecule has 0 spiro atoms. The summed E-state index contributed by atoms with van der Waals surface area (Å²) in [4.78, 5) is 15.8. The Balaban J connectivity index is 1.65. The third-order valence-corrected chi connectivity index (χ3v) is 8.84. The number of aryl methyl sites for hydroxylation is 1. The molecule has 2 atom stereocenters. The Hall–Kier alpha value is -4.10. The summed E-state index contributed by atoms with van der Waals surface area (Å²) in [6, 6.07) is 30.0. The molecule has 1 aliphatic rings. The summed E-state index contributed by atoms with van der Waals surface area (Å²) in [5, 5.41) is 0. The zero-order valence-electron chi connectivity index (χ0n) is 21.6. The second-order valence-electron chi connectivity index (χ2n) is 9.48. The smallest absolute Gasteiger partial charge is 0.264 e. The SMILES string of the molecule is COc1ccccc1C(=O)N1c2ccccc2[C@H](N(c2ccccc2)S(=O)(=O)c2ccc(C)cc2)C[C@@H]1C. The van der Waals surface area contributed by atoms with Gasteiger partial charge in [0, 0.05) is 11.7 Å². The summed E-state index contributed by atoms with van der Waals surface area (Å²) in [7, 11) is -2.38. The Labute approximate surface area is 224 Å². The highest BCUT2D eigenvalue weighted by atomic mass is 32.2. The second-order valence-corrected chi connectivity index (χ2v) is 11.3. The van der Waals surface area contributed by atoms with Crippen molar-refractivity contribution in [2.45, 2.75) is 37.2 Å². The van der Waals surface area contributed by atoms with Crippen LogP contribution in [0.4, 0.5) is 11.4 Å². The lowest BCUT2D eigenvalue weighted by molar-refractivity contribution is 0.0971. The fraction of sp³-hybridized carbons (Fsp3) is 0.194. The Morgan fingerprint density at radius 3 is 2.21 bits per heavy atom. The summed E-state index contributed by atoms with van der Waals surface area (Å²) in [6.45, 7) is 3.88. The van der Waals surface area contributed by atoms with Gasteiger partial charge < -0.3 is 9.64 Å². The molecular formula is C31H30N2O4S. The highest BCUT2D eigenvalue weighted by molar-refractivity contribution is 7.92. The number of anilines is 2. The number of hydrogen-bond donors (Lipinski definition) is 0. The highest BCUT2D eigenvalue weighted by Crippen LogP contribution is 2.45. The average molecular weight is 527 g/mol. The number of carbonyl (C=O) groups is 1. The van der Waals surface area contributed by atoms with Crippen LogP contribution >= 0.6 is 0 Å². The number of rotatable bonds is 6. The van der Waals surface area contributed by atoms with Crippen molar-refractivity contribution < 1.29 is 17.9 Å². The van der Waals surface area contributed by atoms with E-state index in [1.54, 1.807) is 48.4 Å². The van der Waals surface area contributed by atoms with E-state index in [0.29, 0.717) is 29.1 Å². The first-order chi connectivity index (χ1) is 18.3. The van der Waals surface area contributed by atoms with Crippen LogP contribution in [0.1, 0.15) is 40.9 Å². The molecule has 38 heavy (non-hydrogen) atoms. The van der Waals surface area contributed by atoms with Gasteiger partial charge in [-0.25, -0.2) is 8.42 Å². The number of amides is 1. The number of para-hydroxylation sites is 3. The number of nitrogens with zero attached hydrogens (tertiary/aromatic N) is 2. The van der Waals surface area contributed by atoms with Crippen LogP contribution < -0.4 is 13.9 Å². The molecule has 0 radical (unpaired) electrons. The molecule has 5 rings (SSSR count). The fourth-order valence-electron chi connectivity index (χ4n) is 5.15. The first-order valence-electron chi connectivity index (χ1n) is 12.5. The predicted molar refractivity (Wildman–Crippen MR) is 150 cm³/mol. The third-order valence-electron chi connectivity index (χ3n) is 6.99. The molecule has 0 fully saturated rings. The van der Waals surface area contributed by atoms with Crippen molar-refractivity contribution in [1.29, 1.82) is 0 Å². The van der Waals surface area contributed by atoms with Crippen LogP contribution in [0.2, 0.25) is 0 Å². The first-order valence-corrected chi connectivity index (χ1v) is 14.0. The van der Waals surface area contributed by atoms with Crippen LogP contribution in [0.3, 0.4) is 0 Å². The third kappa shape index (κ3) is 4.54. The maximum absolute atomic E-state index is 14.2. The second kappa shape index (κ2) is 10.3. The maximum atomic E-state index is 14.2. The zero-order valence-corrected chi connectivity index (χ0v) is 22.4. The van der Waals surface area contributed by atoms with Gasteiger partial charge in [-0.2, -0.15) is 0 Å². The summed E-state index contributed by atoms with van der Waals surface area (Å²) in [6.07, 6.45) is 0.415. The minimum atomic E-state index is -3.93. The van der Waals surface area contributed by atoms with Gasteiger partial charge in [0.15, 0.2) is 0 Å². The first kappa shape index (κ1) is 25.5. The molecule has 7 heteroatoms. The molecule has 0 aromatic heterocycles. The van der Waals surface area contributed by atoms with Crippen LogP contribution in [0.15, 0.2) is 108 Å². The minimum absolute atomic E-state index is 0.187. The molecule has 6 nitrogen and oxygen atoms in total. The van der Waals surface area contributed by atoms with Crippen molar-refractivity contribution >= 4 is 27.3 Å². The quantitative estimate of drug-likeness (QED) is 0.292. The van der Waals surface area contributed by atoms with Gasteiger partial charge in [0.25, 0.3) is 15.9 Å². The van der Waals surface area contributed by atoms with Crippen LogP contribution in [0.25, 0.3) is 0 Å². The molecule has 0 aliphatic carbocycles. The van der Waals surface area contributed by atoms with E-state index in [9.17, 15) is 13.2 Å². The maximum Gasteiger partial charge on any atom is 0.264 e. The summed E-state index contributed by atoms with van der Waals surface area (Å²) < 4.78 is 35.4. The molecular weight excluding hydrogens is 496 g/mol. The van der Waals surface area contributed by atoms with E-state index in [1.807, 2.05) is 80.6 Å². The minimum Gasteiger partial charge on any atom is -0.496 e. The molecule has 1 aliphatic heterocycles. The molecule has 0 N–H and O–H groups in total. The number of hydrogen-bond acceptors (Lipinski definition) is 4. The van der Waals surface area contributed by atoms with E-state index in [1.165, 1.54) is 4.31 Å². The molecule has 194 valence electrons. The molecule has 0 unspecified atom stereocenters. The number of ether oxygens (including phenoxy) is 1. The lowest BCUT2D eigenvalue weighted by Crippen LogP contribution is -2.47. The average Bonchev–Trinajstić information content (AvgIpc) is 2.93. The van der Waals surface area contributed by atoms with Gasteiger partial charge in [-0.1, -0.05) is 66.2 Å². The number of carbonyl (C=O) groups excluding carboxylic acids is 1. The normalized spacial score (nSPS) is 17.0. The van der Waals surface area contributed by atoms with E-state index in [2.05, 4.69) is 0 Å². The van der Waals surface area contributed by atoms with Crippen LogP contribution in [0, 0.1) is 6.92 Å². The molecule has 4 aromatic rings. The van der Waals surface area contributed by atoms with Crippen molar-refractivity contribution in [2.24, 2.45) is 0 Å². The highest BCUT2D eigenvalue weighted by Gasteiger charge is 2.41. The molecule has 1 amide bonds. The number of sulfonamides is 1. The van der Waals surface area contributed by atoms with E-state index in [-0.39, 0.29) is 16.8 Å². The molecule has 0 saturated heterocycles. The van der Waals surface area contributed by atoms with E-state index in [4.69, 9.17) is 4.74 Å². The fourth-order valence-corrected chi connectivity index (χ4v) is 6.79. The summed E-state index contributed by atoms with van der Waals surface area (Å²) >= 11 is 0. The Bertz CT molecular complexity index is 1550. The molecule has 4 aromatic carbocycles. The van der Waals surface area contributed by atoms with Crippen LogP contribution in [0.5, 0.6) is 5.75 Å². The van der Waals surface area contributed by atoms with Gasteiger partial charge in [-0.3, -0.25) is 9.10 Å². The topological polar surface area (TPSA) is 66.9 Å². The standard InChI is InChI=1S/C31H30N2O4S/c1-22-17-19-25(20-18-22)38(35,36)33(24-11-5-4-6-12-24)29-21-23(2)32(28-15-9-7-13-26(28)29)31(34)27-14-8-10-16-30(27)37-3/h4-20,23,29H,21H2,1-3H3/t23-,29+/m0/s1. The molecule has 0 saturated carbocycles. The lowest BCUT2D eigenvalue weighted by atomic mass is 9.90. The number of methoxy groups -OCH3 is 1. The summed E-state index contributed by atoms with van der Waals surface area (Å²) in [5.74, 6) is 0.311. The molecule has 0 bridgehead atoms. The van der Waals surface area contributed by atoms with Gasteiger partial charge in [-0.15, -0.1) is 0 Å². The van der Waals surface area contributed by atoms with Crippen LogP contribution in [-0.4, -0.2) is 27.5 Å². The van der Waals surface area contributed by atoms with Crippen molar-refractivity contribution in [3.8, 4) is 5.75 Å². The lowest BCUT2D eigenvalue weighted by Gasteiger charge is -2.43. The van der Waals surface area contributed by atoms with Crippen LogP contribution in [-0.2, 0) is 10.0 Å². The zero-order chi connectivity index (χ0) is 26.9. The van der Waals surface area contributed by atoms with Crippen molar-refractivity contribution in [3.05, 3.63) is 120 Å². The monoisotopic (exact) mass is 526 g/mol. The van der Waals surface area contributed by atoms with Gasteiger partial charge in [0.05, 0.1) is 29.3 Å². The van der Waals surface area contributed by atoms with Gasteiger partial charge in [0.1, 0.15) is 5.75 Å². The summed E-state index contributed by atoms with van der Waals surface area (Å²) in [5.41, 5.74) is 3.48. The van der Waals surface area contributed by atoms with Crippen molar-refractivity contribution in [1.82, 2.24) is 0 Å². The van der Waals surface area contributed by atoms with Gasteiger partial charge >= 0.3 is 0 Å². The van der Waals surface area contributed by atoms with Gasteiger partial charge in [-0.05, 0) is 68.3 Å².